The van der Waals surface area contributed by atoms with Gasteiger partial charge in [0.2, 0.25) is 5.91 Å². The highest BCUT2D eigenvalue weighted by Gasteiger charge is 2.61. The zero-order chi connectivity index (χ0) is 42.0. The third-order valence-electron chi connectivity index (χ3n) is 9.83. The first kappa shape index (κ1) is 46.3. The SMILES string of the molecule is CC(=O)N[C@H]1[C@H]([C@H](O)[C@H](O)CO)O[C@@](O[C@H]2[C@@H](O)[C@@H](CO)O[C@@H](O[C@H]3[C@H](O[C@@H]4O[C@@H](C)[C@@H](O)[C@@H](O)[C@@H]4O)[C@@H](O)C(O)O[C@@H]3CO)[C@@H]2O)(C(=O)O)C[C@@H]1OC(C)=O. The molecule has 4 aliphatic rings. The first-order valence-electron chi connectivity index (χ1n) is 17.5. The fourth-order valence-electron chi connectivity index (χ4n) is 6.89. The maximum atomic E-state index is 13.0. The summed E-state index contributed by atoms with van der Waals surface area (Å²) < 4.78 is 44.4. The predicted octanol–water partition coefficient (Wildman–Crippen LogP) is -8.80. The molecule has 4 fully saturated rings. The Labute approximate surface area is 317 Å². The van der Waals surface area contributed by atoms with E-state index in [-0.39, 0.29) is 0 Å². The molecule has 0 saturated carbocycles. The molecule has 25 nitrogen and oxygen atoms in total. The van der Waals surface area contributed by atoms with E-state index in [1.165, 1.54) is 6.92 Å². The third-order valence-corrected chi connectivity index (χ3v) is 9.83. The number of hydrogen-bond acceptors (Lipinski definition) is 23. The lowest BCUT2D eigenvalue weighted by molar-refractivity contribution is -0.396. The van der Waals surface area contributed by atoms with Crippen molar-refractivity contribution in [3.8, 4) is 0 Å². The Hall–Kier alpha value is -2.35. The van der Waals surface area contributed by atoms with Crippen LogP contribution in [0.25, 0.3) is 0 Å². The zero-order valence-electron chi connectivity index (χ0n) is 30.2. The van der Waals surface area contributed by atoms with Gasteiger partial charge in [0.05, 0.1) is 38.4 Å². The van der Waals surface area contributed by atoms with E-state index in [4.69, 9.17) is 37.9 Å². The number of carbonyl (C=O) groups excluding carboxylic acids is 2. The molecule has 0 aromatic rings. The minimum atomic E-state index is -3.14. The summed E-state index contributed by atoms with van der Waals surface area (Å²) in [5.41, 5.74) is 0. The third kappa shape index (κ3) is 9.74. The van der Waals surface area contributed by atoms with Crippen LogP contribution in [0.4, 0.5) is 0 Å². The highest BCUT2D eigenvalue weighted by atomic mass is 16.8. The molecule has 56 heavy (non-hydrogen) atoms. The summed E-state index contributed by atoms with van der Waals surface area (Å²) in [6, 6.07) is -1.59. The lowest BCUT2D eigenvalue weighted by atomic mass is 9.87. The first-order valence-corrected chi connectivity index (χ1v) is 17.5. The number of amides is 1. The van der Waals surface area contributed by atoms with Gasteiger partial charge in [-0.2, -0.15) is 0 Å². The highest BCUT2D eigenvalue weighted by molar-refractivity contribution is 5.77. The van der Waals surface area contributed by atoms with Crippen molar-refractivity contribution < 1.29 is 119 Å². The summed E-state index contributed by atoms with van der Waals surface area (Å²) >= 11 is 0. The van der Waals surface area contributed by atoms with Crippen LogP contribution >= 0.6 is 0 Å². The minimum Gasteiger partial charge on any atom is -0.477 e. The molecule has 4 aliphatic heterocycles. The van der Waals surface area contributed by atoms with Crippen LogP contribution in [0.5, 0.6) is 0 Å². The molecule has 14 N–H and O–H groups in total. The molecule has 4 heterocycles. The van der Waals surface area contributed by atoms with Gasteiger partial charge in [-0.15, -0.1) is 0 Å². The topological polar surface area (TPSA) is 400 Å². The van der Waals surface area contributed by atoms with E-state index in [9.17, 15) is 80.8 Å². The Morgan fingerprint density at radius 2 is 1.38 bits per heavy atom. The molecule has 1 unspecified atom stereocenters. The van der Waals surface area contributed by atoms with E-state index in [2.05, 4.69) is 5.32 Å². The second-order valence-corrected chi connectivity index (χ2v) is 13.9. The van der Waals surface area contributed by atoms with Gasteiger partial charge in [-0.25, -0.2) is 4.79 Å². The number of aliphatic hydroxyl groups excluding tert-OH is 12. The van der Waals surface area contributed by atoms with E-state index in [0.717, 1.165) is 13.8 Å². The van der Waals surface area contributed by atoms with E-state index in [1.807, 2.05) is 0 Å². The molecular formula is C31H51NO24. The van der Waals surface area contributed by atoms with Crippen molar-refractivity contribution in [1.82, 2.24) is 5.32 Å². The molecule has 25 heteroatoms. The van der Waals surface area contributed by atoms with Gasteiger partial charge in [0.1, 0.15) is 91.6 Å². The van der Waals surface area contributed by atoms with Crippen molar-refractivity contribution in [2.75, 3.05) is 19.8 Å². The Morgan fingerprint density at radius 1 is 0.768 bits per heavy atom. The van der Waals surface area contributed by atoms with Crippen LogP contribution in [0.1, 0.15) is 27.2 Å². The molecule has 4 rings (SSSR count). The predicted molar refractivity (Wildman–Crippen MR) is 171 cm³/mol. The van der Waals surface area contributed by atoms with Gasteiger partial charge in [-0.3, -0.25) is 9.59 Å². The number of hydrogen-bond donors (Lipinski definition) is 14. The van der Waals surface area contributed by atoms with Crippen molar-refractivity contribution in [1.29, 1.82) is 0 Å². The first-order chi connectivity index (χ1) is 26.2. The smallest absolute Gasteiger partial charge is 0.364 e. The van der Waals surface area contributed by atoms with Crippen LogP contribution < -0.4 is 5.32 Å². The molecule has 0 radical (unpaired) electrons. The number of nitrogens with one attached hydrogen (secondary N) is 1. The van der Waals surface area contributed by atoms with Crippen molar-refractivity contribution in [3.63, 3.8) is 0 Å². The van der Waals surface area contributed by atoms with Gasteiger partial charge in [-0.1, -0.05) is 0 Å². The highest BCUT2D eigenvalue weighted by Crippen LogP contribution is 2.39. The minimum absolute atomic E-state index is 0.795. The summed E-state index contributed by atoms with van der Waals surface area (Å²) in [6.07, 6.45) is -37.5. The largest absolute Gasteiger partial charge is 0.477 e. The number of ether oxygens (including phenoxy) is 8. The zero-order valence-corrected chi connectivity index (χ0v) is 30.2. The normalized spacial score (nSPS) is 45.7. The second kappa shape index (κ2) is 19.1. The number of esters is 1. The van der Waals surface area contributed by atoms with Crippen LogP contribution in [0.15, 0.2) is 0 Å². The lowest BCUT2D eigenvalue weighted by Crippen LogP contribution is -2.71. The molecule has 0 aliphatic carbocycles. The second-order valence-electron chi connectivity index (χ2n) is 13.9. The Morgan fingerprint density at radius 3 is 1.93 bits per heavy atom. The van der Waals surface area contributed by atoms with Gasteiger partial charge < -0.3 is 110 Å². The van der Waals surface area contributed by atoms with Crippen molar-refractivity contribution in [2.45, 2.75) is 156 Å². The van der Waals surface area contributed by atoms with Gasteiger partial charge in [0.25, 0.3) is 5.79 Å². The summed E-state index contributed by atoms with van der Waals surface area (Å²) in [5, 5.41) is 139. The Bertz CT molecular complexity index is 1330. The average Bonchev–Trinajstić information content (AvgIpc) is 3.14. The standard InChI is InChI=1S/C31H51NO24/c1-8-16(39)19(42)20(43)28(49-8)54-26-21(44)27(46)51-14(7-35)23(26)53-29-22(45)25(18(41)13(6-34)52-29)56-31(30(47)48)4-12(50-10(3)37)15(32-9(2)36)24(55-31)17(40)11(38)5-33/h8,11-29,33-35,38-46H,4-7H2,1-3H3,(H,32,36)(H,47,48)/t8-,11+,12-,13+,14+,15+,16+,17+,18-,19+,20-,21+,22+,23+,24+,25-,26+,27?,28-,29-,31-/m0/s1. The number of aliphatic carboxylic acids is 1. The van der Waals surface area contributed by atoms with Gasteiger partial charge >= 0.3 is 11.9 Å². The monoisotopic (exact) mass is 821 g/mol. The molecular weight excluding hydrogens is 770 g/mol. The number of carboxylic acids is 1. The fraction of sp³-hybridized carbons (Fsp3) is 0.903. The van der Waals surface area contributed by atoms with E-state index in [0.29, 0.717) is 0 Å². The van der Waals surface area contributed by atoms with E-state index >= 15 is 0 Å². The number of aliphatic hydroxyl groups is 12. The van der Waals surface area contributed by atoms with Crippen LogP contribution in [-0.2, 0) is 52.3 Å². The molecule has 324 valence electrons. The number of carbonyl (C=O) groups is 3. The summed E-state index contributed by atoms with van der Waals surface area (Å²) in [4.78, 5) is 37.3. The number of rotatable bonds is 14. The van der Waals surface area contributed by atoms with E-state index in [1.54, 1.807) is 0 Å². The molecule has 0 bridgehead atoms. The summed E-state index contributed by atoms with van der Waals surface area (Å²) in [6.45, 7) is 0.0984. The van der Waals surface area contributed by atoms with Crippen LogP contribution in [0.3, 0.4) is 0 Å². The maximum Gasteiger partial charge on any atom is 0.364 e. The molecule has 1 amide bonds. The van der Waals surface area contributed by atoms with E-state index < -0.39 is 172 Å². The number of carboxylic acid groups (broad SMARTS) is 1. The molecule has 0 spiro atoms. The van der Waals surface area contributed by atoms with Gasteiger partial charge in [0.15, 0.2) is 18.9 Å². The van der Waals surface area contributed by atoms with Crippen LogP contribution in [0, 0.1) is 0 Å². The van der Waals surface area contributed by atoms with Crippen molar-refractivity contribution in [2.24, 2.45) is 0 Å². The summed E-state index contributed by atoms with van der Waals surface area (Å²) in [5.74, 6) is -6.99. The molecule has 4 saturated heterocycles. The average molecular weight is 822 g/mol. The lowest BCUT2D eigenvalue weighted by Gasteiger charge is -2.51. The van der Waals surface area contributed by atoms with Crippen LogP contribution in [-0.4, -0.2) is 232 Å². The fourth-order valence-corrected chi connectivity index (χ4v) is 6.89. The summed E-state index contributed by atoms with van der Waals surface area (Å²) in [7, 11) is 0. The van der Waals surface area contributed by atoms with Crippen molar-refractivity contribution in [3.05, 3.63) is 0 Å². The molecule has 21 atom stereocenters. The quantitative estimate of drug-likeness (QED) is 0.0723. The molecule has 0 aromatic carbocycles. The van der Waals surface area contributed by atoms with Gasteiger partial charge in [-0.05, 0) is 6.92 Å². The Balaban J connectivity index is 1.71. The van der Waals surface area contributed by atoms with Gasteiger partial charge in [0, 0.05) is 13.8 Å². The van der Waals surface area contributed by atoms with Crippen molar-refractivity contribution >= 4 is 17.8 Å². The van der Waals surface area contributed by atoms with Crippen LogP contribution in [0.2, 0.25) is 0 Å². The molecule has 0 aromatic heterocycles. The Kier molecular flexibility index (Phi) is 15.8. The maximum absolute atomic E-state index is 13.0.